The fourth-order valence-electron chi connectivity index (χ4n) is 4.93. The Morgan fingerprint density at radius 2 is 1.74 bits per heavy atom. The molecule has 1 aromatic heterocycles. The predicted octanol–water partition coefficient (Wildman–Crippen LogP) is 6.18. The number of para-hydroxylation sites is 2. The number of anilines is 3. The third kappa shape index (κ3) is 2.60. The number of hydrogen-bond acceptors (Lipinski definition) is 3. The minimum atomic E-state index is -0.517. The molecular weight excluding hydrogens is 330 g/mol. The lowest BCUT2D eigenvalue weighted by Gasteiger charge is -2.38. The average molecular weight is 359 g/mol. The van der Waals surface area contributed by atoms with Gasteiger partial charge in [-0.05, 0) is 61.9 Å². The van der Waals surface area contributed by atoms with E-state index in [-0.39, 0.29) is 6.17 Å². The van der Waals surface area contributed by atoms with Gasteiger partial charge in [0.1, 0.15) is 6.17 Å². The van der Waals surface area contributed by atoms with Gasteiger partial charge in [0.2, 0.25) is 0 Å². The number of hydrogen-bond donors (Lipinski definition) is 0. The van der Waals surface area contributed by atoms with Gasteiger partial charge in [0, 0.05) is 29.5 Å². The molecule has 3 nitrogen and oxygen atoms in total. The number of pyridine rings is 1. The normalized spacial score (nSPS) is 22.0. The second-order valence-corrected chi connectivity index (χ2v) is 7.79. The zero-order valence-corrected chi connectivity index (χ0v) is 16.2. The van der Waals surface area contributed by atoms with E-state index in [2.05, 4.69) is 71.1 Å². The van der Waals surface area contributed by atoms with Crippen molar-refractivity contribution in [3.05, 3.63) is 60.4 Å². The van der Waals surface area contributed by atoms with Gasteiger partial charge in [-0.2, -0.15) is 0 Å². The van der Waals surface area contributed by atoms with Gasteiger partial charge in [-0.25, -0.2) is 0 Å². The van der Waals surface area contributed by atoms with Gasteiger partial charge in [-0.1, -0.05) is 37.5 Å². The van der Waals surface area contributed by atoms with E-state index in [0.717, 1.165) is 25.7 Å². The van der Waals surface area contributed by atoms with Crippen molar-refractivity contribution in [3.63, 3.8) is 0 Å². The van der Waals surface area contributed by atoms with Gasteiger partial charge in [0.05, 0.1) is 12.7 Å². The number of aryl methyl sites for hydroxylation is 1. The molecule has 5 rings (SSSR count). The summed E-state index contributed by atoms with van der Waals surface area (Å²) in [7, 11) is 0. The van der Waals surface area contributed by atoms with Crippen molar-refractivity contribution in [1.82, 2.24) is 4.98 Å². The van der Waals surface area contributed by atoms with E-state index in [4.69, 9.17) is 0 Å². The highest BCUT2D eigenvalue weighted by atomic mass is 15.4. The summed E-state index contributed by atoms with van der Waals surface area (Å²) in [6, 6.07) is 14.6. The average Bonchev–Trinajstić information content (AvgIpc) is 3.02. The number of rotatable bonds is 2. The van der Waals surface area contributed by atoms with Crippen LogP contribution < -0.4 is 9.80 Å². The molecular formula is C24H27N3. The number of fused-ring (bicyclic) bond motifs is 2. The van der Waals surface area contributed by atoms with Crippen LogP contribution in [0.5, 0.6) is 0 Å². The molecule has 3 heteroatoms. The first kappa shape index (κ1) is 15.5. The monoisotopic (exact) mass is 358 g/mol. The molecule has 2 aliphatic rings. The molecule has 2 aromatic carbocycles. The van der Waals surface area contributed by atoms with Crippen LogP contribution in [0.25, 0.3) is 10.8 Å². The summed E-state index contributed by atoms with van der Waals surface area (Å²) in [5.74, 6) is 0. The van der Waals surface area contributed by atoms with E-state index in [0.29, 0.717) is 0 Å². The Labute approximate surface area is 163 Å². The van der Waals surface area contributed by atoms with Crippen molar-refractivity contribution < 1.29 is 1.37 Å². The maximum Gasteiger partial charge on any atom is 0.104 e. The van der Waals surface area contributed by atoms with Crippen molar-refractivity contribution in [2.75, 3.05) is 9.80 Å². The van der Waals surface area contributed by atoms with E-state index in [1.807, 2.05) is 12.4 Å². The lowest BCUT2D eigenvalue weighted by Crippen LogP contribution is -2.45. The third-order valence-electron chi connectivity index (χ3n) is 6.24. The molecule has 1 saturated carbocycles. The second-order valence-electron chi connectivity index (χ2n) is 7.79. The van der Waals surface area contributed by atoms with E-state index in [9.17, 15) is 1.37 Å². The first-order chi connectivity index (χ1) is 13.6. The van der Waals surface area contributed by atoms with Gasteiger partial charge in [-0.3, -0.25) is 4.98 Å². The number of benzene rings is 2. The van der Waals surface area contributed by atoms with E-state index < -0.39 is 6.02 Å². The highest BCUT2D eigenvalue weighted by molar-refractivity contribution is 5.93. The molecule has 0 spiro atoms. The maximum atomic E-state index is 9.31. The zero-order valence-electron chi connectivity index (χ0n) is 17.2. The Kier molecular flexibility index (Phi) is 3.77. The van der Waals surface area contributed by atoms with Crippen LogP contribution in [0.2, 0.25) is 0 Å². The van der Waals surface area contributed by atoms with Crippen LogP contribution in [0.4, 0.5) is 17.1 Å². The molecule has 0 radical (unpaired) electrons. The zero-order chi connectivity index (χ0) is 19.3. The third-order valence-corrected chi connectivity index (χ3v) is 6.24. The molecule has 1 aliphatic heterocycles. The Balaban J connectivity index is 1.66. The summed E-state index contributed by atoms with van der Waals surface area (Å²) in [6.07, 6.45) is 9.36. The van der Waals surface area contributed by atoms with Crippen LogP contribution in [0.1, 0.15) is 46.0 Å². The Morgan fingerprint density at radius 1 is 0.963 bits per heavy atom. The number of aromatic nitrogens is 1. The first-order valence-corrected chi connectivity index (χ1v) is 10.1. The molecule has 27 heavy (non-hydrogen) atoms. The van der Waals surface area contributed by atoms with E-state index in [1.54, 1.807) is 0 Å². The minimum absolute atomic E-state index is 0.117. The van der Waals surface area contributed by atoms with Crippen LogP contribution >= 0.6 is 0 Å². The molecule has 0 bridgehead atoms. The fourth-order valence-corrected chi connectivity index (χ4v) is 4.93. The molecule has 1 aliphatic carbocycles. The summed E-state index contributed by atoms with van der Waals surface area (Å²) in [5, 5.41) is 2.42. The van der Waals surface area contributed by atoms with Crippen molar-refractivity contribution in [2.45, 2.75) is 58.1 Å². The van der Waals surface area contributed by atoms with Crippen molar-refractivity contribution in [2.24, 2.45) is 0 Å². The molecule has 138 valence electrons. The largest absolute Gasteiger partial charge is 0.346 e. The predicted molar refractivity (Wildman–Crippen MR) is 114 cm³/mol. The standard InChI is InChI=1S/C24H27N3/c1-17-21-14-15-25-16-19(21)12-13-22(17)27-18(2)26(20-8-4-3-5-9-20)23-10-6-7-11-24(23)27/h6-7,10-16,18,20H,3-5,8-9H2,1-2H3/t18-/m0/s1/i20D. The second kappa shape index (κ2) is 6.56. The van der Waals surface area contributed by atoms with Crippen LogP contribution in [0.15, 0.2) is 54.9 Å². The van der Waals surface area contributed by atoms with Crippen molar-refractivity contribution in [3.8, 4) is 0 Å². The summed E-state index contributed by atoms with van der Waals surface area (Å²) in [5.41, 5.74) is 4.90. The molecule has 3 aromatic rings. The topological polar surface area (TPSA) is 19.4 Å². The molecule has 0 unspecified atom stereocenters. The smallest absolute Gasteiger partial charge is 0.104 e. The summed E-state index contributed by atoms with van der Waals surface area (Å²) >= 11 is 0. The van der Waals surface area contributed by atoms with Crippen LogP contribution in [0.3, 0.4) is 0 Å². The summed E-state index contributed by atoms with van der Waals surface area (Å²) in [6.45, 7) is 4.45. The summed E-state index contributed by atoms with van der Waals surface area (Å²) in [4.78, 5) is 9.07. The quantitative estimate of drug-likeness (QED) is 0.545. The Hall–Kier alpha value is -2.55. The van der Waals surface area contributed by atoms with E-state index in [1.165, 1.54) is 39.8 Å². The van der Waals surface area contributed by atoms with Crippen LogP contribution in [0, 0.1) is 6.92 Å². The van der Waals surface area contributed by atoms with Gasteiger partial charge < -0.3 is 9.80 Å². The first-order valence-electron chi connectivity index (χ1n) is 10.6. The molecule has 0 N–H and O–H groups in total. The van der Waals surface area contributed by atoms with E-state index >= 15 is 0 Å². The molecule has 0 saturated heterocycles. The van der Waals surface area contributed by atoms with Gasteiger partial charge in [0.15, 0.2) is 0 Å². The Morgan fingerprint density at radius 3 is 2.56 bits per heavy atom. The highest BCUT2D eigenvalue weighted by Crippen LogP contribution is 2.47. The molecule has 1 fully saturated rings. The maximum absolute atomic E-state index is 9.31. The SMILES string of the molecule is [2H]C1(N2c3ccccc3N(c3ccc4cnccc4c3C)[C@H]2C)CCCCC1. The number of nitrogens with zero attached hydrogens (tertiary/aromatic N) is 3. The molecule has 1 atom stereocenters. The van der Waals surface area contributed by atoms with Crippen molar-refractivity contribution >= 4 is 27.8 Å². The van der Waals surface area contributed by atoms with Gasteiger partial charge >= 0.3 is 0 Å². The Bertz CT molecular complexity index is 1030. The van der Waals surface area contributed by atoms with Crippen molar-refractivity contribution in [1.29, 1.82) is 0 Å². The van der Waals surface area contributed by atoms with Gasteiger partial charge in [0.25, 0.3) is 0 Å². The molecule has 2 heterocycles. The van der Waals surface area contributed by atoms with Crippen LogP contribution in [-0.2, 0) is 0 Å². The lowest BCUT2D eigenvalue weighted by molar-refractivity contribution is 0.400. The highest BCUT2D eigenvalue weighted by Gasteiger charge is 2.38. The van der Waals surface area contributed by atoms with Gasteiger partial charge in [-0.15, -0.1) is 0 Å². The lowest BCUT2D eigenvalue weighted by atomic mass is 9.93. The molecule has 0 amide bonds. The minimum Gasteiger partial charge on any atom is -0.346 e. The summed E-state index contributed by atoms with van der Waals surface area (Å²) < 4.78 is 9.31. The fraction of sp³-hybridized carbons (Fsp3) is 0.375. The van der Waals surface area contributed by atoms with Crippen LogP contribution in [-0.4, -0.2) is 17.2 Å².